The lowest BCUT2D eigenvalue weighted by molar-refractivity contribution is 0.406. The maximum atomic E-state index is 3.66. The van der Waals surface area contributed by atoms with E-state index in [0.717, 1.165) is 12.5 Å². The van der Waals surface area contributed by atoms with Crippen LogP contribution in [0.3, 0.4) is 0 Å². The zero-order valence-electron chi connectivity index (χ0n) is 13.0. The molecule has 2 atom stereocenters. The van der Waals surface area contributed by atoms with Crippen LogP contribution in [0.2, 0.25) is 0 Å². The van der Waals surface area contributed by atoms with Crippen molar-refractivity contribution in [3.05, 3.63) is 48.0 Å². The Hall–Kier alpha value is -1.34. The van der Waals surface area contributed by atoms with Crippen LogP contribution in [0.25, 0.3) is 10.8 Å². The molecule has 0 saturated heterocycles. The van der Waals surface area contributed by atoms with E-state index >= 15 is 0 Å². The van der Waals surface area contributed by atoms with Crippen LogP contribution in [0.5, 0.6) is 0 Å². The monoisotopic (exact) mass is 267 g/mol. The lowest BCUT2D eigenvalue weighted by Gasteiger charge is -2.22. The Balaban J connectivity index is 1.86. The minimum absolute atomic E-state index is 0.211. The van der Waals surface area contributed by atoms with Crippen molar-refractivity contribution in [2.75, 3.05) is 6.54 Å². The van der Waals surface area contributed by atoms with Gasteiger partial charge in [0.2, 0.25) is 0 Å². The molecule has 1 saturated carbocycles. The molecule has 20 heavy (non-hydrogen) atoms. The van der Waals surface area contributed by atoms with E-state index in [1.165, 1.54) is 22.8 Å². The molecule has 2 aromatic carbocycles. The molecule has 0 aromatic heterocycles. The van der Waals surface area contributed by atoms with Gasteiger partial charge in [-0.05, 0) is 61.4 Å². The first-order valence-electron chi connectivity index (χ1n) is 7.63. The molecule has 3 rings (SSSR count). The van der Waals surface area contributed by atoms with E-state index in [4.69, 9.17) is 0 Å². The fraction of sp³-hybridized carbons (Fsp3) is 0.474. The van der Waals surface area contributed by atoms with Crippen molar-refractivity contribution in [1.82, 2.24) is 5.32 Å². The zero-order chi connectivity index (χ0) is 14.4. The molecule has 2 unspecified atom stereocenters. The number of benzene rings is 2. The number of rotatable bonds is 3. The third-order valence-corrected chi connectivity index (χ3v) is 4.70. The maximum Gasteiger partial charge on any atom is 0.00966 e. The van der Waals surface area contributed by atoms with E-state index in [-0.39, 0.29) is 5.54 Å². The molecular weight excluding hydrogens is 242 g/mol. The average molecular weight is 267 g/mol. The highest BCUT2D eigenvalue weighted by Gasteiger charge is 2.51. The summed E-state index contributed by atoms with van der Waals surface area (Å²) in [5.74, 6) is 0.757. The van der Waals surface area contributed by atoms with E-state index in [2.05, 4.69) is 75.5 Å². The lowest BCUT2D eigenvalue weighted by Crippen LogP contribution is -2.37. The molecule has 1 N–H and O–H groups in total. The highest BCUT2D eigenvalue weighted by molar-refractivity contribution is 5.87. The van der Waals surface area contributed by atoms with Crippen molar-refractivity contribution in [2.45, 2.75) is 45.1 Å². The van der Waals surface area contributed by atoms with Crippen LogP contribution in [0.1, 0.15) is 39.7 Å². The predicted molar refractivity (Wildman–Crippen MR) is 87.2 cm³/mol. The Morgan fingerprint density at radius 3 is 2.55 bits per heavy atom. The molecule has 2 aromatic rings. The van der Waals surface area contributed by atoms with Crippen LogP contribution < -0.4 is 5.32 Å². The molecule has 0 spiro atoms. The largest absolute Gasteiger partial charge is 0.312 e. The standard InChI is InChI=1S/C19H25N/c1-18(2,3)20-13-15-12-19(15,4)17-11-7-9-14-8-5-6-10-16(14)17/h5-11,15,20H,12-13H2,1-4H3. The van der Waals surface area contributed by atoms with Crippen molar-refractivity contribution >= 4 is 10.8 Å². The van der Waals surface area contributed by atoms with Crippen LogP contribution in [-0.4, -0.2) is 12.1 Å². The van der Waals surface area contributed by atoms with Gasteiger partial charge in [-0.25, -0.2) is 0 Å². The Labute approximate surface area is 122 Å². The van der Waals surface area contributed by atoms with Crippen molar-refractivity contribution in [3.8, 4) is 0 Å². The SMILES string of the molecule is CC(C)(C)NCC1CC1(C)c1cccc2ccccc12. The Bertz CT molecular complexity index is 618. The minimum Gasteiger partial charge on any atom is -0.312 e. The molecule has 1 aliphatic rings. The molecule has 0 amide bonds. The van der Waals surface area contributed by atoms with Gasteiger partial charge in [-0.15, -0.1) is 0 Å². The molecule has 0 heterocycles. The molecule has 1 heteroatoms. The molecule has 1 nitrogen and oxygen atoms in total. The van der Waals surface area contributed by atoms with E-state index < -0.39 is 0 Å². The first-order chi connectivity index (χ1) is 9.40. The van der Waals surface area contributed by atoms with Gasteiger partial charge in [-0.2, -0.15) is 0 Å². The second-order valence-electron chi connectivity index (χ2n) is 7.48. The number of fused-ring (bicyclic) bond motifs is 1. The van der Waals surface area contributed by atoms with E-state index in [1.807, 2.05) is 0 Å². The van der Waals surface area contributed by atoms with E-state index in [0.29, 0.717) is 5.41 Å². The molecule has 0 aliphatic heterocycles. The van der Waals surface area contributed by atoms with Gasteiger partial charge in [0.1, 0.15) is 0 Å². The minimum atomic E-state index is 0.211. The van der Waals surface area contributed by atoms with Crippen LogP contribution in [0, 0.1) is 5.92 Å². The zero-order valence-corrected chi connectivity index (χ0v) is 13.0. The molecule has 1 aliphatic carbocycles. The van der Waals surface area contributed by atoms with Crippen molar-refractivity contribution in [2.24, 2.45) is 5.92 Å². The van der Waals surface area contributed by atoms with Gasteiger partial charge >= 0.3 is 0 Å². The normalized spacial score (nSPS) is 25.9. The first-order valence-corrected chi connectivity index (χ1v) is 7.63. The Kier molecular flexibility index (Phi) is 3.13. The summed E-state index contributed by atoms with van der Waals surface area (Å²) in [4.78, 5) is 0. The summed E-state index contributed by atoms with van der Waals surface area (Å²) in [5.41, 5.74) is 2.08. The van der Waals surface area contributed by atoms with Gasteiger partial charge in [-0.1, -0.05) is 49.4 Å². The predicted octanol–water partition coefficient (Wildman–Crippen LogP) is 4.51. The van der Waals surface area contributed by atoms with Crippen molar-refractivity contribution in [1.29, 1.82) is 0 Å². The molecule has 106 valence electrons. The van der Waals surface area contributed by atoms with Gasteiger partial charge in [0.05, 0.1) is 0 Å². The second kappa shape index (κ2) is 4.60. The highest BCUT2D eigenvalue weighted by atomic mass is 15.0. The summed E-state index contributed by atoms with van der Waals surface area (Å²) in [6.07, 6.45) is 1.30. The van der Waals surface area contributed by atoms with Crippen LogP contribution in [0.15, 0.2) is 42.5 Å². The van der Waals surface area contributed by atoms with Gasteiger partial charge in [0, 0.05) is 5.54 Å². The third-order valence-electron chi connectivity index (χ3n) is 4.70. The fourth-order valence-electron chi connectivity index (χ4n) is 3.23. The van der Waals surface area contributed by atoms with Crippen LogP contribution >= 0.6 is 0 Å². The number of nitrogens with one attached hydrogen (secondary N) is 1. The second-order valence-corrected chi connectivity index (χ2v) is 7.48. The fourth-order valence-corrected chi connectivity index (χ4v) is 3.23. The molecule has 1 fully saturated rings. The lowest BCUT2D eigenvalue weighted by atomic mass is 9.90. The van der Waals surface area contributed by atoms with Crippen LogP contribution in [0.4, 0.5) is 0 Å². The summed E-state index contributed by atoms with van der Waals surface area (Å²) in [7, 11) is 0. The topological polar surface area (TPSA) is 12.0 Å². The van der Waals surface area contributed by atoms with Crippen molar-refractivity contribution < 1.29 is 0 Å². The summed E-state index contributed by atoms with van der Waals surface area (Å²) in [6.45, 7) is 10.3. The van der Waals surface area contributed by atoms with Gasteiger partial charge in [0.25, 0.3) is 0 Å². The van der Waals surface area contributed by atoms with Crippen molar-refractivity contribution in [3.63, 3.8) is 0 Å². The quantitative estimate of drug-likeness (QED) is 0.863. The highest BCUT2D eigenvalue weighted by Crippen LogP contribution is 2.55. The molecule has 0 bridgehead atoms. The smallest absolute Gasteiger partial charge is 0.00966 e. The third kappa shape index (κ3) is 2.47. The number of hydrogen-bond acceptors (Lipinski definition) is 1. The average Bonchev–Trinajstić information content (AvgIpc) is 3.07. The summed E-state index contributed by atoms with van der Waals surface area (Å²) < 4.78 is 0. The maximum absolute atomic E-state index is 3.66. The summed E-state index contributed by atoms with van der Waals surface area (Å²) in [6, 6.07) is 15.5. The van der Waals surface area contributed by atoms with Gasteiger partial charge in [-0.3, -0.25) is 0 Å². The first kappa shape index (κ1) is 13.6. The molecule has 0 radical (unpaired) electrons. The van der Waals surface area contributed by atoms with Crippen LogP contribution in [-0.2, 0) is 5.41 Å². The van der Waals surface area contributed by atoms with Gasteiger partial charge in [0.15, 0.2) is 0 Å². The van der Waals surface area contributed by atoms with E-state index in [9.17, 15) is 0 Å². The molecular formula is C19H25N. The van der Waals surface area contributed by atoms with Gasteiger partial charge < -0.3 is 5.32 Å². The Morgan fingerprint density at radius 2 is 1.80 bits per heavy atom. The summed E-state index contributed by atoms with van der Waals surface area (Å²) >= 11 is 0. The summed E-state index contributed by atoms with van der Waals surface area (Å²) in [5, 5.41) is 6.45. The van der Waals surface area contributed by atoms with E-state index in [1.54, 1.807) is 0 Å². The Morgan fingerprint density at radius 1 is 1.10 bits per heavy atom. The number of hydrogen-bond donors (Lipinski definition) is 1.